The molecule has 3 aromatic carbocycles. The molecule has 1 saturated heterocycles. The first-order chi connectivity index (χ1) is 19.0. The zero-order valence-electron chi connectivity index (χ0n) is 23.2. The molecule has 40 heavy (non-hydrogen) atoms. The van der Waals surface area contributed by atoms with Crippen LogP contribution in [0.25, 0.3) is 10.8 Å². The fraction of sp³-hybridized carbons (Fsp3) is 0.400. The Bertz CT molecular complexity index is 1550. The Morgan fingerprint density at radius 1 is 0.950 bits per heavy atom. The number of nitrogens with one attached hydrogen (secondary N) is 1. The van der Waals surface area contributed by atoms with Gasteiger partial charge < -0.3 is 19.7 Å². The first kappa shape index (κ1) is 27.8. The molecule has 0 radical (unpaired) electrons. The van der Waals surface area contributed by atoms with Crippen molar-refractivity contribution in [3.8, 4) is 5.75 Å². The lowest BCUT2D eigenvalue weighted by Gasteiger charge is -2.34. The van der Waals surface area contributed by atoms with Crippen molar-refractivity contribution in [3.05, 3.63) is 66.2 Å². The molecule has 2 unspecified atom stereocenters. The Kier molecular flexibility index (Phi) is 7.39. The average molecular weight is 566 g/mol. The number of rotatable bonds is 5. The summed E-state index contributed by atoms with van der Waals surface area (Å²) in [5, 5.41) is 4.33. The first-order valence-electron chi connectivity index (χ1n) is 13.5. The topological polar surface area (TPSA) is 105 Å². The van der Waals surface area contributed by atoms with Crippen molar-refractivity contribution >= 4 is 38.5 Å². The molecule has 1 N–H and O–H groups in total. The maximum Gasteiger partial charge on any atom is 0.410 e. The molecule has 2 heterocycles. The molecule has 10 heteroatoms. The van der Waals surface area contributed by atoms with Crippen LogP contribution in [0, 0.1) is 0 Å². The highest BCUT2D eigenvalue weighted by Gasteiger charge is 2.41. The lowest BCUT2D eigenvalue weighted by molar-refractivity contribution is -0.123. The monoisotopic (exact) mass is 565 g/mol. The molecule has 0 aromatic heterocycles. The normalized spacial score (nSPS) is 19.3. The number of nitrogens with zero attached hydrogens (tertiary/aromatic N) is 2. The molecular formula is C30H35N3O6S. The molecule has 9 nitrogen and oxygen atoms in total. The Labute approximate surface area is 235 Å². The minimum Gasteiger partial charge on any atom is -0.496 e. The minimum atomic E-state index is -4.01. The van der Waals surface area contributed by atoms with Gasteiger partial charge in [-0.05, 0) is 57.4 Å². The predicted octanol–water partition coefficient (Wildman–Crippen LogP) is 4.66. The summed E-state index contributed by atoms with van der Waals surface area (Å²) < 4.78 is 40.5. The van der Waals surface area contributed by atoms with Crippen molar-refractivity contribution in [2.75, 3.05) is 31.0 Å². The number of hydrogen-bond acceptors (Lipinski definition) is 6. The van der Waals surface area contributed by atoms with Crippen LogP contribution in [0.4, 0.5) is 10.5 Å². The molecule has 5 rings (SSSR count). The number of likely N-dealkylation sites (tertiary alicyclic amines) is 1. The number of hydrogen-bond donors (Lipinski definition) is 1. The molecule has 0 spiro atoms. The second-order valence-electron chi connectivity index (χ2n) is 11.2. The number of piperidine rings is 1. The van der Waals surface area contributed by atoms with E-state index in [1.807, 2.05) is 39.0 Å². The molecule has 2 aliphatic rings. The Morgan fingerprint density at radius 3 is 2.38 bits per heavy atom. The second kappa shape index (κ2) is 10.6. The van der Waals surface area contributed by atoms with Crippen molar-refractivity contribution in [2.24, 2.45) is 0 Å². The van der Waals surface area contributed by atoms with E-state index in [1.54, 1.807) is 54.5 Å². The number of amides is 2. The smallest absolute Gasteiger partial charge is 0.410 e. The van der Waals surface area contributed by atoms with Crippen molar-refractivity contribution in [3.63, 3.8) is 0 Å². The minimum absolute atomic E-state index is 0.0175. The fourth-order valence-corrected chi connectivity index (χ4v) is 7.18. The van der Waals surface area contributed by atoms with Gasteiger partial charge in [-0.25, -0.2) is 13.2 Å². The Hall–Kier alpha value is -3.79. The number of para-hydroxylation sites is 1. The van der Waals surface area contributed by atoms with E-state index in [-0.39, 0.29) is 23.4 Å². The zero-order valence-corrected chi connectivity index (χ0v) is 24.0. The second-order valence-corrected chi connectivity index (χ2v) is 13.1. The largest absolute Gasteiger partial charge is 0.496 e. The van der Waals surface area contributed by atoms with E-state index < -0.39 is 27.6 Å². The number of sulfonamides is 1. The molecule has 3 aromatic rings. The van der Waals surface area contributed by atoms with E-state index in [0.29, 0.717) is 40.9 Å². The number of methoxy groups -OCH3 is 1. The van der Waals surface area contributed by atoms with E-state index >= 15 is 0 Å². The predicted molar refractivity (Wildman–Crippen MR) is 153 cm³/mol. The third-order valence-electron chi connectivity index (χ3n) is 7.30. The van der Waals surface area contributed by atoms with Gasteiger partial charge in [0.25, 0.3) is 10.0 Å². The number of carbonyl (C=O) groups excluding carboxylic acids is 2. The van der Waals surface area contributed by atoms with Crippen LogP contribution in [-0.2, 0) is 19.6 Å². The molecule has 0 aliphatic carbocycles. The standard InChI is InChI=1S/C30H35N3O6S/c1-30(2,3)39-29(35)32-17-9-10-20(18-32)31-28(34)24-19-33(25-14-8-7-11-21(24)25)40(36,37)27-16-15-26(38-4)22-12-5-6-13-23(22)27/h5-8,11-16,20,24H,9-10,17-19H2,1-4H3,(H,31,34). The summed E-state index contributed by atoms with van der Waals surface area (Å²) in [5.74, 6) is -0.366. The molecule has 2 amide bonds. The quantitative estimate of drug-likeness (QED) is 0.483. The molecule has 212 valence electrons. The van der Waals surface area contributed by atoms with Gasteiger partial charge in [0.1, 0.15) is 11.4 Å². The lowest BCUT2D eigenvalue weighted by atomic mass is 9.99. The van der Waals surface area contributed by atoms with Gasteiger partial charge in [0.15, 0.2) is 0 Å². The molecule has 1 fully saturated rings. The van der Waals surface area contributed by atoms with Gasteiger partial charge in [0.05, 0.1) is 30.2 Å². The summed E-state index contributed by atoms with van der Waals surface area (Å²) in [4.78, 5) is 28.0. The molecule has 0 bridgehead atoms. The first-order valence-corrected chi connectivity index (χ1v) is 14.9. The number of fused-ring (bicyclic) bond motifs is 2. The Balaban J connectivity index is 1.39. The van der Waals surface area contributed by atoms with Crippen LogP contribution < -0.4 is 14.4 Å². The highest BCUT2D eigenvalue weighted by atomic mass is 32.2. The van der Waals surface area contributed by atoms with Crippen LogP contribution in [0.15, 0.2) is 65.6 Å². The van der Waals surface area contributed by atoms with Gasteiger partial charge in [0, 0.05) is 29.9 Å². The van der Waals surface area contributed by atoms with Gasteiger partial charge in [-0.1, -0.05) is 42.5 Å². The van der Waals surface area contributed by atoms with Crippen molar-refractivity contribution < 1.29 is 27.5 Å². The summed E-state index contributed by atoms with van der Waals surface area (Å²) in [7, 11) is -2.46. The van der Waals surface area contributed by atoms with Gasteiger partial charge in [-0.2, -0.15) is 0 Å². The van der Waals surface area contributed by atoms with Crippen LogP contribution >= 0.6 is 0 Å². The van der Waals surface area contributed by atoms with Gasteiger partial charge in [-0.3, -0.25) is 9.10 Å². The average Bonchev–Trinajstić information content (AvgIpc) is 3.32. The highest BCUT2D eigenvalue weighted by molar-refractivity contribution is 7.93. The summed E-state index contributed by atoms with van der Waals surface area (Å²) in [6, 6.07) is 17.3. The Morgan fingerprint density at radius 2 is 1.65 bits per heavy atom. The van der Waals surface area contributed by atoms with Crippen molar-refractivity contribution in [2.45, 2.75) is 56.1 Å². The number of carbonyl (C=O) groups is 2. The SMILES string of the molecule is COc1ccc(S(=O)(=O)N2CC(C(=O)NC3CCCN(C(=O)OC(C)(C)C)C3)c3ccccc32)c2ccccc12. The van der Waals surface area contributed by atoms with Gasteiger partial charge >= 0.3 is 6.09 Å². The molecule has 0 saturated carbocycles. The number of benzene rings is 3. The highest BCUT2D eigenvalue weighted by Crippen LogP contribution is 2.41. The van der Waals surface area contributed by atoms with Gasteiger partial charge in [0.2, 0.25) is 5.91 Å². The summed E-state index contributed by atoms with van der Waals surface area (Å²) in [5.41, 5.74) is 0.535. The molecule has 2 aliphatic heterocycles. The summed E-state index contributed by atoms with van der Waals surface area (Å²) in [6.07, 6.45) is 1.05. The fourth-order valence-electron chi connectivity index (χ4n) is 5.48. The third-order valence-corrected chi connectivity index (χ3v) is 9.14. The van der Waals surface area contributed by atoms with Crippen molar-refractivity contribution in [1.82, 2.24) is 10.2 Å². The molecule has 2 atom stereocenters. The van der Waals surface area contributed by atoms with Gasteiger partial charge in [-0.15, -0.1) is 0 Å². The third kappa shape index (κ3) is 5.32. The van der Waals surface area contributed by atoms with Crippen LogP contribution in [0.5, 0.6) is 5.75 Å². The van der Waals surface area contributed by atoms with Crippen molar-refractivity contribution in [1.29, 1.82) is 0 Å². The van der Waals surface area contributed by atoms with E-state index in [9.17, 15) is 18.0 Å². The maximum absolute atomic E-state index is 14.1. The van der Waals surface area contributed by atoms with E-state index in [2.05, 4.69) is 5.32 Å². The number of anilines is 1. The molecular weight excluding hydrogens is 530 g/mol. The van der Waals surface area contributed by atoms with Crippen LogP contribution in [0.3, 0.4) is 0 Å². The number of ether oxygens (including phenoxy) is 2. The van der Waals surface area contributed by atoms with Crippen LogP contribution in [0.1, 0.15) is 45.1 Å². The van der Waals surface area contributed by atoms with E-state index in [1.165, 1.54) is 4.31 Å². The van der Waals surface area contributed by atoms with E-state index in [0.717, 1.165) is 12.8 Å². The van der Waals surface area contributed by atoms with Crippen LogP contribution in [-0.4, -0.2) is 63.7 Å². The zero-order chi connectivity index (χ0) is 28.7. The lowest BCUT2D eigenvalue weighted by Crippen LogP contribution is -2.51. The van der Waals surface area contributed by atoms with Crippen LogP contribution in [0.2, 0.25) is 0 Å². The summed E-state index contributed by atoms with van der Waals surface area (Å²) in [6.45, 7) is 6.35. The summed E-state index contributed by atoms with van der Waals surface area (Å²) >= 11 is 0. The maximum atomic E-state index is 14.1. The van der Waals surface area contributed by atoms with E-state index in [4.69, 9.17) is 9.47 Å².